The van der Waals surface area contributed by atoms with Gasteiger partial charge in [-0.1, -0.05) is 18.2 Å². The maximum absolute atomic E-state index is 9.17. The van der Waals surface area contributed by atoms with Gasteiger partial charge in [0.25, 0.3) is 0 Å². The van der Waals surface area contributed by atoms with Crippen LogP contribution in [-0.4, -0.2) is 36.2 Å². The Morgan fingerprint density at radius 3 is 3.18 bits per heavy atom. The van der Waals surface area contributed by atoms with Crippen molar-refractivity contribution in [3.05, 3.63) is 29.3 Å². The van der Waals surface area contributed by atoms with Crippen molar-refractivity contribution in [3.8, 4) is 0 Å². The van der Waals surface area contributed by atoms with E-state index in [1.165, 1.54) is 16.8 Å². The molecule has 3 nitrogen and oxygen atoms in total. The Morgan fingerprint density at radius 2 is 2.35 bits per heavy atom. The van der Waals surface area contributed by atoms with E-state index in [1.807, 2.05) is 0 Å². The van der Waals surface area contributed by atoms with Crippen LogP contribution in [0.4, 0.5) is 5.69 Å². The summed E-state index contributed by atoms with van der Waals surface area (Å²) in [6.07, 6.45) is 2.29. The van der Waals surface area contributed by atoms with Gasteiger partial charge in [0.1, 0.15) is 0 Å². The standard InChI is InChI=1S/C14H20N2O/c17-10-11-5-7-16(8-11)9-13-3-1-2-12-4-6-15-14(12)13/h1-3,11,15,17H,4-10H2. The maximum Gasteiger partial charge on any atom is 0.0471 e. The van der Waals surface area contributed by atoms with Crippen molar-refractivity contribution in [2.75, 3.05) is 31.6 Å². The summed E-state index contributed by atoms with van der Waals surface area (Å²) in [5.74, 6) is 0.486. The molecule has 1 saturated heterocycles. The van der Waals surface area contributed by atoms with E-state index in [-0.39, 0.29) is 0 Å². The Labute approximate surface area is 102 Å². The van der Waals surface area contributed by atoms with Crippen LogP contribution < -0.4 is 5.32 Å². The van der Waals surface area contributed by atoms with Gasteiger partial charge in [0.05, 0.1) is 0 Å². The summed E-state index contributed by atoms with van der Waals surface area (Å²) in [7, 11) is 0. The second kappa shape index (κ2) is 4.67. The molecule has 3 rings (SSSR count). The van der Waals surface area contributed by atoms with E-state index < -0.39 is 0 Å². The van der Waals surface area contributed by atoms with Crippen LogP contribution in [0.15, 0.2) is 18.2 Å². The summed E-state index contributed by atoms with van der Waals surface area (Å²) >= 11 is 0. The SMILES string of the molecule is OCC1CCN(Cc2cccc3c2NCC3)C1. The molecule has 0 aliphatic carbocycles. The van der Waals surface area contributed by atoms with Crippen molar-refractivity contribution in [2.24, 2.45) is 5.92 Å². The Balaban J connectivity index is 1.72. The van der Waals surface area contributed by atoms with Crippen molar-refractivity contribution in [3.63, 3.8) is 0 Å². The van der Waals surface area contributed by atoms with Gasteiger partial charge in [-0.15, -0.1) is 0 Å². The molecule has 1 aromatic rings. The van der Waals surface area contributed by atoms with Crippen molar-refractivity contribution < 1.29 is 5.11 Å². The lowest BCUT2D eigenvalue weighted by molar-refractivity contribution is 0.220. The van der Waals surface area contributed by atoms with Gasteiger partial charge in [0.2, 0.25) is 0 Å². The number of para-hydroxylation sites is 1. The Hall–Kier alpha value is -1.06. The van der Waals surface area contributed by atoms with Gasteiger partial charge in [0, 0.05) is 31.9 Å². The fraction of sp³-hybridized carbons (Fsp3) is 0.571. The number of nitrogens with zero attached hydrogens (tertiary/aromatic N) is 1. The smallest absolute Gasteiger partial charge is 0.0471 e. The first kappa shape index (κ1) is 11.1. The molecule has 0 saturated carbocycles. The van der Waals surface area contributed by atoms with Crippen molar-refractivity contribution in [1.82, 2.24) is 4.90 Å². The van der Waals surface area contributed by atoms with Crippen molar-refractivity contribution >= 4 is 5.69 Å². The lowest BCUT2D eigenvalue weighted by Crippen LogP contribution is -2.21. The molecule has 2 heterocycles. The van der Waals surface area contributed by atoms with E-state index in [1.54, 1.807) is 0 Å². The minimum atomic E-state index is 0.335. The molecular weight excluding hydrogens is 212 g/mol. The Kier molecular flexibility index (Phi) is 3.04. The van der Waals surface area contributed by atoms with Crippen LogP contribution >= 0.6 is 0 Å². The Bertz CT molecular complexity index is 405. The predicted octanol–water partition coefficient (Wildman–Crippen LogP) is 1.47. The zero-order valence-corrected chi connectivity index (χ0v) is 10.2. The van der Waals surface area contributed by atoms with Crippen molar-refractivity contribution in [1.29, 1.82) is 0 Å². The molecule has 0 amide bonds. The second-order valence-electron chi connectivity index (χ2n) is 5.20. The number of benzene rings is 1. The molecule has 0 bridgehead atoms. The average molecular weight is 232 g/mol. The van der Waals surface area contributed by atoms with Crippen LogP contribution in [0.5, 0.6) is 0 Å². The molecule has 1 unspecified atom stereocenters. The first-order chi connectivity index (χ1) is 8.36. The van der Waals surface area contributed by atoms with Gasteiger partial charge >= 0.3 is 0 Å². The third kappa shape index (κ3) is 2.17. The molecule has 0 spiro atoms. The summed E-state index contributed by atoms with van der Waals surface area (Å²) in [5, 5.41) is 12.7. The predicted molar refractivity (Wildman–Crippen MR) is 69.1 cm³/mol. The first-order valence-electron chi connectivity index (χ1n) is 6.54. The van der Waals surface area contributed by atoms with Gasteiger partial charge in [-0.05, 0) is 36.4 Å². The number of aliphatic hydroxyl groups excluding tert-OH is 1. The maximum atomic E-state index is 9.17. The summed E-state index contributed by atoms with van der Waals surface area (Å²) in [6, 6.07) is 6.61. The van der Waals surface area contributed by atoms with Gasteiger partial charge in [-0.2, -0.15) is 0 Å². The molecule has 3 heteroatoms. The highest BCUT2D eigenvalue weighted by molar-refractivity contribution is 5.61. The second-order valence-corrected chi connectivity index (χ2v) is 5.20. The molecule has 2 aliphatic heterocycles. The number of nitrogens with one attached hydrogen (secondary N) is 1. The molecule has 92 valence electrons. The molecule has 17 heavy (non-hydrogen) atoms. The van der Waals surface area contributed by atoms with Gasteiger partial charge in [-0.25, -0.2) is 0 Å². The van der Waals surface area contributed by atoms with E-state index in [2.05, 4.69) is 28.4 Å². The minimum absolute atomic E-state index is 0.335. The molecule has 0 aromatic heterocycles. The summed E-state index contributed by atoms with van der Waals surface area (Å²) in [5.41, 5.74) is 4.24. The van der Waals surface area contributed by atoms with Crippen LogP contribution in [0.2, 0.25) is 0 Å². The summed E-state index contributed by atoms with van der Waals surface area (Å²) in [6.45, 7) is 4.59. The lowest BCUT2D eigenvalue weighted by Gasteiger charge is -2.18. The monoisotopic (exact) mass is 232 g/mol. The number of anilines is 1. The zero-order valence-electron chi connectivity index (χ0n) is 10.2. The molecular formula is C14H20N2O. The number of aliphatic hydroxyl groups is 1. The van der Waals surface area contributed by atoms with Crippen LogP contribution in [0.1, 0.15) is 17.5 Å². The van der Waals surface area contributed by atoms with E-state index >= 15 is 0 Å². The topological polar surface area (TPSA) is 35.5 Å². The fourth-order valence-corrected chi connectivity index (χ4v) is 2.99. The molecule has 2 aliphatic rings. The van der Waals surface area contributed by atoms with Crippen molar-refractivity contribution in [2.45, 2.75) is 19.4 Å². The van der Waals surface area contributed by atoms with Crippen LogP contribution in [0.3, 0.4) is 0 Å². The highest BCUT2D eigenvalue weighted by Crippen LogP contribution is 2.28. The van der Waals surface area contributed by atoms with E-state index in [0.717, 1.165) is 39.0 Å². The molecule has 0 radical (unpaired) electrons. The normalized spacial score (nSPS) is 23.7. The third-order valence-corrected chi connectivity index (χ3v) is 3.96. The van der Waals surface area contributed by atoms with Crippen LogP contribution in [0.25, 0.3) is 0 Å². The molecule has 1 fully saturated rings. The van der Waals surface area contributed by atoms with E-state index in [4.69, 9.17) is 5.11 Å². The lowest BCUT2D eigenvalue weighted by atomic mass is 10.1. The van der Waals surface area contributed by atoms with Crippen LogP contribution in [0, 0.1) is 5.92 Å². The average Bonchev–Trinajstić information content (AvgIpc) is 2.97. The first-order valence-corrected chi connectivity index (χ1v) is 6.54. The van der Waals surface area contributed by atoms with E-state index in [0.29, 0.717) is 12.5 Å². The minimum Gasteiger partial charge on any atom is -0.396 e. The fourth-order valence-electron chi connectivity index (χ4n) is 2.99. The number of hydrogen-bond acceptors (Lipinski definition) is 3. The molecule has 1 atom stereocenters. The molecule has 1 aromatic carbocycles. The highest BCUT2D eigenvalue weighted by Gasteiger charge is 2.23. The number of fused-ring (bicyclic) bond motifs is 1. The largest absolute Gasteiger partial charge is 0.396 e. The van der Waals surface area contributed by atoms with Gasteiger partial charge in [-0.3, -0.25) is 4.90 Å². The zero-order chi connectivity index (χ0) is 11.7. The van der Waals surface area contributed by atoms with Gasteiger partial charge < -0.3 is 10.4 Å². The molecule has 2 N–H and O–H groups in total. The number of likely N-dealkylation sites (tertiary alicyclic amines) is 1. The van der Waals surface area contributed by atoms with Crippen LogP contribution in [-0.2, 0) is 13.0 Å². The summed E-state index contributed by atoms with van der Waals surface area (Å²) in [4.78, 5) is 2.45. The summed E-state index contributed by atoms with van der Waals surface area (Å²) < 4.78 is 0. The Morgan fingerprint density at radius 1 is 1.41 bits per heavy atom. The highest BCUT2D eigenvalue weighted by atomic mass is 16.3. The quantitative estimate of drug-likeness (QED) is 0.828. The number of rotatable bonds is 3. The number of hydrogen-bond donors (Lipinski definition) is 2. The van der Waals surface area contributed by atoms with E-state index in [9.17, 15) is 0 Å². The van der Waals surface area contributed by atoms with Gasteiger partial charge in [0.15, 0.2) is 0 Å². The third-order valence-electron chi connectivity index (χ3n) is 3.96.